The number of amides is 1. The quantitative estimate of drug-likeness (QED) is 0.803. The Balaban J connectivity index is 1.39. The molecule has 1 heterocycles. The molecular weight excluding hydrogens is 358 g/mol. The van der Waals surface area contributed by atoms with Crippen LogP contribution in [-0.2, 0) is 15.0 Å². The van der Waals surface area contributed by atoms with Gasteiger partial charge < -0.3 is 19.9 Å². The average Bonchev–Trinajstić information content (AvgIpc) is 3.42. The van der Waals surface area contributed by atoms with E-state index < -0.39 is 5.97 Å². The fourth-order valence-corrected chi connectivity index (χ4v) is 4.10. The SMILES string of the molecule is CC(NC(=O)[C@@H]1C[C@]12CCOc1ccccc12)c1ccc(OCC(=O)O)cc1. The van der Waals surface area contributed by atoms with E-state index >= 15 is 0 Å². The number of hydrogen-bond donors (Lipinski definition) is 2. The third-order valence-electron chi connectivity index (χ3n) is 5.72. The van der Waals surface area contributed by atoms with E-state index in [1.165, 1.54) is 0 Å². The van der Waals surface area contributed by atoms with E-state index in [1.54, 1.807) is 12.1 Å². The normalized spacial score (nSPS) is 23.2. The maximum Gasteiger partial charge on any atom is 0.341 e. The van der Waals surface area contributed by atoms with Crippen LogP contribution in [0.5, 0.6) is 11.5 Å². The largest absolute Gasteiger partial charge is 0.493 e. The van der Waals surface area contributed by atoms with Crippen LogP contribution < -0.4 is 14.8 Å². The minimum absolute atomic E-state index is 0.0295. The van der Waals surface area contributed by atoms with Crippen LogP contribution >= 0.6 is 0 Å². The summed E-state index contributed by atoms with van der Waals surface area (Å²) in [5.41, 5.74) is 2.00. The number of nitrogens with one attached hydrogen (secondary N) is 1. The molecule has 6 nitrogen and oxygen atoms in total. The van der Waals surface area contributed by atoms with Gasteiger partial charge in [0.25, 0.3) is 0 Å². The first-order valence-corrected chi connectivity index (χ1v) is 9.47. The van der Waals surface area contributed by atoms with Crippen molar-refractivity contribution in [1.82, 2.24) is 5.32 Å². The van der Waals surface area contributed by atoms with Gasteiger partial charge in [-0.2, -0.15) is 0 Å². The lowest BCUT2D eigenvalue weighted by atomic mass is 9.87. The highest BCUT2D eigenvalue weighted by atomic mass is 16.5. The lowest BCUT2D eigenvalue weighted by molar-refractivity contribution is -0.139. The number of para-hydroxylation sites is 1. The van der Waals surface area contributed by atoms with Gasteiger partial charge in [0.1, 0.15) is 11.5 Å². The van der Waals surface area contributed by atoms with Crippen LogP contribution in [0.2, 0.25) is 0 Å². The Hall–Kier alpha value is -3.02. The highest BCUT2D eigenvalue weighted by Gasteiger charge is 2.61. The van der Waals surface area contributed by atoms with E-state index in [1.807, 2.05) is 37.3 Å². The summed E-state index contributed by atoms with van der Waals surface area (Å²) in [4.78, 5) is 23.4. The molecule has 3 atom stereocenters. The van der Waals surface area contributed by atoms with Gasteiger partial charge in [-0.1, -0.05) is 30.3 Å². The maximum absolute atomic E-state index is 12.9. The molecule has 0 bridgehead atoms. The molecule has 2 aromatic rings. The predicted octanol–water partition coefficient (Wildman–Crippen LogP) is 3.07. The smallest absolute Gasteiger partial charge is 0.341 e. The summed E-state index contributed by atoms with van der Waals surface area (Å²) in [5.74, 6) is 0.407. The van der Waals surface area contributed by atoms with Crippen LogP contribution in [0, 0.1) is 5.92 Å². The van der Waals surface area contributed by atoms with E-state index in [4.69, 9.17) is 14.6 Å². The fourth-order valence-electron chi connectivity index (χ4n) is 4.10. The van der Waals surface area contributed by atoms with Crippen LogP contribution in [0.15, 0.2) is 48.5 Å². The van der Waals surface area contributed by atoms with Gasteiger partial charge in [-0.15, -0.1) is 0 Å². The van der Waals surface area contributed by atoms with Gasteiger partial charge >= 0.3 is 5.97 Å². The summed E-state index contributed by atoms with van der Waals surface area (Å²) in [7, 11) is 0. The van der Waals surface area contributed by atoms with E-state index in [-0.39, 0.29) is 29.9 Å². The second-order valence-electron chi connectivity index (χ2n) is 7.49. The Labute approximate surface area is 163 Å². The average molecular weight is 381 g/mol. The van der Waals surface area contributed by atoms with Crippen molar-refractivity contribution in [2.24, 2.45) is 5.92 Å². The van der Waals surface area contributed by atoms with Crippen LogP contribution in [0.4, 0.5) is 0 Å². The molecule has 2 aliphatic rings. The van der Waals surface area contributed by atoms with Gasteiger partial charge in [-0.3, -0.25) is 4.79 Å². The minimum Gasteiger partial charge on any atom is -0.493 e. The van der Waals surface area contributed by atoms with Crippen molar-refractivity contribution in [3.05, 3.63) is 59.7 Å². The number of carbonyl (C=O) groups is 2. The first kappa shape index (κ1) is 18.3. The Morgan fingerprint density at radius 3 is 2.75 bits per heavy atom. The zero-order valence-electron chi connectivity index (χ0n) is 15.7. The van der Waals surface area contributed by atoms with Gasteiger partial charge in [-0.25, -0.2) is 4.79 Å². The molecule has 1 aliphatic carbocycles. The molecule has 146 valence electrons. The molecular formula is C22H23NO5. The first-order valence-electron chi connectivity index (χ1n) is 9.47. The van der Waals surface area contributed by atoms with E-state index in [0.717, 1.165) is 29.7 Å². The third kappa shape index (κ3) is 3.42. The number of aliphatic carboxylic acids is 1. The lowest BCUT2D eigenvalue weighted by Crippen LogP contribution is -2.32. The molecule has 0 aromatic heterocycles. The summed E-state index contributed by atoms with van der Waals surface area (Å²) in [6.07, 6.45) is 1.72. The molecule has 1 amide bonds. The minimum atomic E-state index is -1.02. The molecule has 0 radical (unpaired) electrons. The highest BCUT2D eigenvalue weighted by molar-refractivity contribution is 5.85. The third-order valence-corrected chi connectivity index (χ3v) is 5.72. The van der Waals surface area contributed by atoms with Gasteiger partial charge in [0, 0.05) is 16.9 Å². The second-order valence-corrected chi connectivity index (χ2v) is 7.49. The predicted molar refractivity (Wildman–Crippen MR) is 102 cm³/mol. The lowest BCUT2D eigenvalue weighted by Gasteiger charge is -2.27. The van der Waals surface area contributed by atoms with Crippen molar-refractivity contribution >= 4 is 11.9 Å². The van der Waals surface area contributed by atoms with Crippen LogP contribution in [0.1, 0.15) is 36.9 Å². The Morgan fingerprint density at radius 2 is 2.00 bits per heavy atom. The van der Waals surface area contributed by atoms with Crippen molar-refractivity contribution in [3.63, 3.8) is 0 Å². The summed E-state index contributed by atoms with van der Waals surface area (Å²) in [5, 5.41) is 11.8. The van der Waals surface area contributed by atoms with Crippen LogP contribution in [-0.4, -0.2) is 30.2 Å². The molecule has 0 saturated heterocycles. The van der Waals surface area contributed by atoms with E-state index in [0.29, 0.717) is 12.4 Å². The van der Waals surface area contributed by atoms with E-state index in [2.05, 4.69) is 11.4 Å². The number of hydrogen-bond acceptors (Lipinski definition) is 4. The van der Waals surface area contributed by atoms with Crippen molar-refractivity contribution in [1.29, 1.82) is 0 Å². The summed E-state index contributed by atoms with van der Waals surface area (Å²) in [6.45, 7) is 2.22. The number of fused-ring (bicyclic) bond motifs is 2. The fraction of sp³-hybridized carbons (Fsp3) is 0.364. The van der Waals surface area contributed by atoms with Crippen molar-refractivity contribution in [2.45, 2.75) is 31.2 Å². The second kappa shape index (κ2) is 7.19. The molecule has 1 unspecified atom stereocenters. The zero-order chi connectivity index (χ0) is 19.7. The number of rotatable bonds is 6. The Morgan fingerprint density at radius 1 is 1.25 bits per heavy atom. The first-order chi connectivity index (χ1) is 13.5. The number of ether oxygens (including phenoxy) is 2. The molecule has 1 saturated carbocycles. The van der Waals surface area contributed by atoms with Crippen molar-refractivity contribution < 1.29 is 24.2 Å². The Bertz CT molecular complexity index is 894. The topological polar surface area (TPSA) is 84.9 Å². The number of carbonyl (C=O) groups excluding carboxylic acids is 1. The molecule has 28 heavy (non-hydrogen) atoms. The van der Waals surface area contributed by atoms with Crippen LogP contribution in [0.25, 0.3) is 0 Å². The molecule has 1 spiro atoms. The van der Waals surface area contributed by atoms with Gasteiger partial charge in [-0.05, 0) is 43.5 Å². The van der Waals surface area contributed by atoms with E-state index in [9.17, 15) is 9.59 Å². The molecule has 1 aliphatic heterocycles. The molecule has 4 rings (SSSR count). The molecule has 2 aromatic carbocycles. The maximum atomic E-state index is 12.9. The molecule has 6 heteroatoms. The number of benzene rings is 2. The number of carboxylic acids is 1. The summed E-state index contributed by atoms with van der Waals surface area (Å²) in [6, 6.07) is 15.0. The summed E-state index contributed by atoms with van der Waals surface area (Å²) < 4.78 is 10.9. The van der Waals surface area contributed by atoms with Crippen molar-refractivity contribution in [2.75, 3.05) is 13.2 Å². The standard InChI is InChI=1S/C22H23NO5/c1-14(15-6-8-16(9-7-15)28-13-20(24)25)23-21(26)18-12-22(18)10-11-27-19-5-3-2-4-17(19)22/h2-9,14,18H,10-13H2,1H3,(H,23,26)(H,24,25)/t14?,18-,22-/m0/s1. The summed E-state index contributed by atoms with van der Waals surface area (Å²) >= 11 is 0. The van der Waals surface area contributed by atoms with Gasteiger partial charge in [0.05, 0.1) is 12.6 Å². The molecule has 2 N–H and O–H groups in total. The van der Waals surface area contributed by atoms with Crippen LogP contribution in [0.3, 0.4) is 0 Å². The molecule has 1 fully saturated rings. The monoisotopic (exact) mass is 381 g/mol. The zero-order valence-corrected chi connectivity index (χ0v) is 15.7. The van der Waals surface area contributed by atoms with Gasteiger partial charge in [0.15, 0.2) is 6.61 Å². The number of carboxylic acid groups (broad SMARTS) is 1. The van der Waals surface area contributed by atoms with Crippen molar-refractivity contribution in [3.8, 4) is 11.5 Å². The highest BCUT2D eigenvalue weighted by Crippen LogP contribution is 2.60. The Kier molecular flexibility index (Phi) is 4.71. The van der Waals surface area contributed by atoms with Gasteiger partial charge in [0.2, 0.25) is 5.91 Å².